The summed E-state index contributed by atoms with van der Waals surface area (Å²) < 4.78 is 0. The molecule has 32 heavy (non-hydrogen) atoms. The van der Waals surface area contributed by atoms with Crippen LogP contribution in [0.1, 0.15) is 91.9 Å². The van der Waals surface area contributed by atoms with Crippen molar-refractivity contribution in [2.75, 3.05) is 18.8 Å². The zero-order chi connectivity index (χ0) is 22.8. The fourth-order valence-electron chi connectivity index (χ4n) is 8.60. The molecule has 7 atom stereocenters. The largest absolute Gasteiger partial charge is 0.305 e. The van der Waals surface area contributed by atoms with Gasteiger partial charge in [-0.15, -0.1) is 11.8 Å². The van der Waals surface area contributed by atoms with Crippen LogP contribution < -0.4 is 5.32 Å². The summed E-state index contributed by atoms with van der Waals surface area (Å²) in [4.78, 5) is 5.16. The molecule has 1 aliphatic heterocycles. The molecule has 0 aromatic rings. The Kier molecular flexibility index (Phi) is 7.98. The molecular formula is C29H48N2S. The van der Waals surface area contributed by atoms with Crippen LogP contribution in [-0.2, 0) is 0 Å². The van der Waals surface area contributed by atoms with Gasteiger partial charge in [-0.2, -0.15) is 0 Å². The van der Waals surface area contributed by atoms with Gasteiger partial charge in [0.1, 0.15) is 0 Å². The molecule has 1 heterocycles. The van der Waals surface area contributed by atoms with Crippen molar-refractivity contribution >= 4 is 17.5 Å². The van der Waals surface area contributed by atoms with E-state index in [1.807, 2.05) is 6.08 Å². The first-order chi connectivity index (χ1) is 15.4. The molecule has 180 valence electrons. The topological polar surface area (TPSA) is 24.4 Å². The third-order valence-electron chi connectivity index (χ3n) is 10.1. The van der Waals surface area contributed by atoms with Gasteiger partial charge in [0.2, 0.25) is 0 Å². The maximum atomic E-state index is 5.16. The summed E-state index contributed by atoms with van der Waals surface area (Å²) in [6.45, 7) is 16.2. The molecule has 1 saturated heterocycles. The monoisotopic (exact) mass is 456 g/mol. The van der Waals surface area contributed by atoms with Crippen molar-refractivity contribution in [1.82, 2.24) is 5.32 Å². The normalized spacial score (nSPS) is 43.3. The van der Waals surface area contributed by atoms with Gasteiger partial charge in [0.25, 0.3) is 0 Å². The summed E-state index contributed by atoms with van der Waals surface area (Å²) in [6.07, 6.45) is 17.9. The number of hydrogen-bond donors (Lipinski definition) is 1. The lowest BCUT2D eigenvalue weighted by atomic mass is 9.47. The smallest absolute Gasteiger partial charge is 0.0533 e. The number of rotatable bonds is 8. The predicted octanol–water partition coefficient (Wildman–Crippen LogP) is 7.66. The zero-order valence-corrected chi connectivity index (χ0v) is 22.1. The lowest BCUT2D eigenvalue weighted by molar-refractivity contribution is -0.0408. The van der Waals surface area contributed by atoms with E-state index in [0.717, 1.165) is 30.2 Å². The van der Waals surface area contributed by atoms with E-state index >= 15 is 0 Å². The van der Waals surface area contributed by atoms with Crippen molar-refractivity contribution in [1.29, 1.82) is 0 Å². The Labute approximate surface area is 202 Å². The molecular weight excluding hydrogens is 408 g/mol. The van der Waals surface area contributed by atoms with Crippen LogP contribution in [0.25, 0.3) is 0 Å². The number of thioether (sulfide) groups is 1. The van der Waals surface area contributed by atoms with Crippen LogP contribution in [0.2, 0.25) is 0 Å². The number of nitrogens with one attached hydrogen (secondary N) is 1. The van der Waals surface area contributed by atoms with Crippen molar-refractivity contribution in [3.63, 3.8) is 0 Å². The summed E-state index contributed by atoms with van der Waals surface area (Å²) in [7, 11) is 0. The minimum absolute atomic E-state index is 0.390. The highest BCUT2D eigenvalue weighted by Gasteiger charge is 2.58. The summed E-state index contributed by atoms with van der Waals surface area (Å²) in [5.74, 6) is 4.68. The summed E-state index contributed by atoms with van der Waals surface area (Å²) in [5.41, 5.74) is 4.03. The van der Waals surface area contributed by atoms with E-state index in [0.29, 0.717) is 16.2 Å². The van der Waals surface area contributed by atoms with Crippen molar-refractivity contribution in [2.45, 2.75) is 97.3 Å². The molecule has 0 spiro atoms. The summed E-state index contributed by atoms with van der Waals surface area (Å²) in [6, 6.07) is 0. The number of allylic oxidation sites excluding steroid dienone is 3. The van der Waals surface area contributed by atoms with Gasteiger partial charge in [-0.1, -0.05) is 51.5 Å². The second-order valence-electron chi connectivity index (χ2n) is 11.7. The van der Waals surface area contributed by atoms with Crippen LogP contribution in [0.15, 0.2) is 29.3 Å². The van der Waals surface area contributed by atoms with E-state index in [1.165, 1.54) is 82.2 Å². The molecule has 0 amide bonds. The Morgan fingerprint density at radius 2 is 2.06 bits per heavy atom. The van der Waals surface area contributed by atoms with Gasteiger partial charge < -0.3 is 5.32 Å². The van der Waals surface area contributed by atoms with Crippen LogP contribution >= 0.6 is 11.8 Å². The van der Waals surface area contributed by atoms with Crippen LogP contribution in [0.4, 0.5) is 0 Å². The quantitative estimate of drug-likeness (QED) is 0.299. The van der Waals surface area contributed by atoms with E-state index in [1.54, 1.807) is 5.57 Å². The van der Waals surface area contributed by atoms with Gasteiger partial charge in [0.15, 0.2) is 0 Å². The third kappa shape index (κ3) is 4.54. The molecule has 3 aliphatic carbocycles. The van der Waals surface area contributed by atoms with Gasteiger partial charge in [-0.25, -0.2) is 0 Å². The molecule has 3 heteroatoms. The minimum atomic E-state index is 0.390. The standard InChI is InChI=1S/C29H48N2S/c1-6-9-22-11-12-23-25-14-13-24(21(3)30-18-8-10-27-31-19-20-32-27)29(25,5)17-15-26(23)28(22,4)16-7-2/h6,9,23-27,31H,1,7-8,10-20H2,2-5H3/b22-9-,30-21?. The predicted molar refractivity (Wildman–Crippen MR) is 143 cm³/mol. The van der Waals surface area contributed by atoms with Gasteiger partial charge in [-0.3, -0.25) is 4.99 Å². The first-order valence-electron chi connectivity index (χ1n) is 13.6. The molecule has 2 nitrogen and oxygen atoms in total. The number of nitrogens with zero attached hydrogens (tertiary/aromatic N) is 1. The first kappa shape index (κ1) is 24.6. The molecule has 0 radical (unpaired) electrons. The fourth-order valence-corrected chi connectivity index (χ4v) is 9.69. The maximum absolute atomic E-state index is 5.16. The Hall–Kier alpha value is -0.540. The second-order valence-corrected chi connectivity index (χ2v) is 13.0. The first-order valence-corrected chi connectivity index (χ1v) is 14.7. The van der Waals surface area contributed by atoms with Gasteiger partial charge in [0.05, 0.1) is 5.37 Å². The van der Waals surface area contributed by atoms with Crippen molar-refractivity contribution in [3.8, 4) is 0 Å². The highest BCUT2D eigenvalue weighted by molar-refractivity contribution is 8.00. The van der Waals surface area contributed by atoms with Crippen molar-refractivity contribution in [2.24, 2.45) is 39.5 Å². The molecule has 0 aromatic carbocycles. The summed E-state index contributed by atoms with van der Waals surface area (Å²) >= 11 is 2.09. The van der Waals surface area contributed by atoms with Gasteiger partial charge >= 0.3 is 0 Å². The highest BCUT2D eigenvalue weighted by atomic mass is 32.2. The molecule has 0 aromatic heterocycles. The van der Waals surface area contributed by atoms with Gasteiger partial charge in [-0.05, 0) is 93.3 Å². The molecule has 4 rings (SSSR count). The molecule has 7 unspecified atom stereocenters. The Morgan fingerprint density at radius 3 is 2.78 bits per heavy atom. The minimum Gasteiger partial charge on any atom is -0.305 e. The summed E-state index contributed by atoms with van der Waals surface area (Å²) in [5, 5.41) is 4.28. The number of hydrogen-bond acceptors (Lipinski definition) is 3. The molecule has 0 bridgehead atoms. The average molecular weight is 457 g/mol. The fraction of sp³-hybridized carbons (Fsp3) is 0.828. The van der Waals surface area contributed by atoms with E-state index in [9.17, 15) is 0 Å². The van der Waals surface area contributed by atoms with Crippen molar-refractivity contribution < 1.29 is 0 Å². The van der Waals surface area contributed by atoms with Crippen LogP contribution in [0.5, 0.6) is 0 Å². The van der Waals surface area contributed by atoms with E-state index in [2.05, 4.69) is 57.4 Å². The third-order valence-corrected chi connectivity index (χ3v) is 11.4. The van der Waals surface area contributed by atoms with E-state index < -0.39 is 0 Å². The van der Waals surface area contributed by atoms with E-state index in [4.69, 9.17) is 4.99 Å². The van der Waals surface area contributed by atoms with Crippen LogP contribution in [0.3, 0.4) is 0 Å². The molecule has 4 aliphatic rings. The zero-order valence-electron chi connectivity index (χ0n) is 21.3. The highest BCUT2D eigenvalue weighted by Crippen LogP contribution is 2.66. The Bertz CT molecular complexity index is 721. The molecule has 3 saturated carbocycles. The average Bonchev–Trinajstić information content (AvgIpc) is 3.41. The van der Waals surface area contributed by atoms with Crippen molar-refractivity contribution in [3.05, 3.63) is 24.3 Å². The lowest BCUT2D eigenvalue weighted by Gasteiger charge is -2.57. The molecule has 1 N–H and O–H groups in total. The number of aliphatic imine (C=N–C) groups is 1. The lowest BCUT2D eigenvalue weighted by Crippen LogP contribution is -2.50. The van der Waals surface area contributed by atoms with Crippen LogP contribution in [0, 0.1) is 34.5 Å². The SMILES string of the molecule is C=C/C=C1/CCC2C(CCC3(C)C(C(C)=NCCCC4NCCS4)CCC23)C1(C)CCC. The second kappa shape index (κ2) is 10.4. The Morgan fingerprint density at radius 1 is 1.22 bits per heavy atom. The molecule has 4 fully saturated rings. The van der Waals surface area contributed by atoms with Gasteiger partial charge in [0, 0.05) is 30.5 Å². The maximum Gasteiger partial charge on any atom is 0.0533 e. The number of fused-ring (bicyclic) bond motifs is 3. The van der Waals surface area contributed by atoms with E-state index in [-0.39, 0.29) is 0 Å². The van der Waals surface area contributed by atoms with Crippen LogP contribution in [-0.4, -0.2) is 29.9 Å². The Balaban J connectivity index is 1.44.